The van der Waals surface area contributed by atoms with E-state index >= 15 is 0 Å². The maximum absolute atomic E-state index is 12.6. The summed E-state index contributed by atoms with van der Waals surface area (Å²) in [6.45, 7) is 5.76. The van der Waals surface area contributed by atoms with Crippen LogP contribution in [0.15, 0.2) is 48.5 Å². The van der Waals surface area contributed by atoms with Crippen LogP contribution in [0, 0.1) is 6.92 Å². The van der Waals surface area contributed by atoms with Crippen LogP contribution in [0.3, 0.4) is 0 Å². The van der Waals surface area contributed by atoms with Gasteiger partial charge in [0.15, 0.2) is 0 Å². The zero-order chi connectivity index (χ0) is 21.0. The molecule has 1 amide bonds. The standard InChI is InChI=1S/C22H29N3O3S/c1-17-6-10-21(11-7-17)25(29(3,27)28)16-22(26)23-18(2)19-8-12-20(13-9-19)24-14-4-5-15-24/h6-13,18H,4-5,14-16H2,1-3H3,(H,23,26). The van der Waals surface area contributed by atoms with E-state index in [1.165, 1.54) is 18.5 Å². The van der Waals surface area contributed by atoms with Gasteiger partial charge in [0.1, 0.15) is 6.54 Å². The Balaban J connectivity index is 1.65. The monoisotopic (exact) mass is 415 g/mol. The number of carbonyl (C=O) groups excluding carboxylic acids is 1. The van der Waals surface area contributed by atoms with Crippen molar-refractivity contribution in [1.29, 1.82) is 0 Å². The summed E-state index contributed by atoms with van der Waals surface area (Å²) >= 11 is 0. The first-order chi connectivity index (χ1) is 13.7. The summed E-state index contributed by atoms with van der Waals surface area (Å²) in [5.74, 6) is -0.341. The van der Waals surface area contributed by atoms with Gasteiger partial charge in [-0.3, -0.25) is 9.10 Å². The summed E-state index contributed by atoms with van der Waals surface area (Å²) in [4.78, 5) is 14.9. The molecule has 156 valence electrons. The molecule has 6 nitrogen and oxygen atoms in total. The molecule has 7 heteroatoms. The third-order valence-electron chi connectivity index (χ3n) is 5.25. The van der Waals surface area contributed by atoms with E-state index in [1.807, 2.05) is 38.1 Å². The van der Waals surface area contributed by atoms with Crippen LogP contribution in [0.5, 0.6) is 0 Å². The molecule has 0 aromatic heterocycles. The van der Waals surface area contributed by atoms with E-state index in [9.17, 15) is 13.2 Å². The van der Waals surface area contributed by atoms with E-state index in [-0.39, 0.29) is 18.5 Å². The minimum atomic E-state index is -3.57. The Hall–Kier alpha value is -2.54. The second kappa shape index (κ2) is 8.86. The molecule has 1 N–H and O–H groups in total. The molecule has 1 heterocycles. The summed E-state index contributed by atoms with van der Waals surface area (Å²) in [6, 6.07) is 15.1. The van der Waals surface area contributed by atoms with Crippen molar-refractivity contribution in [3.05, 3.63) is 59.7 Å². The second-order valence-corrected chi connectivity index (χ2v) is 9.59. The van der Waals surface area contributed by atoms with Gasteiger partial charge in [0, 0.05) is 18.8 Å². The van der Waals surface area contributed by atoms with E-state index in [0.29, 0.717) is 5.69 Å². The fourth-order valence-electron chi connectivity index (χ4n) is 3.56. The molecule has 0 aliphatic carbocycles. The van der Waals surface area contributed by atoms with E-state index in [0.717, 1.165) is 34.8 Å². The van der Waals surface area contributed by atoms with Gasteiger partial charge < -0.3 is 10.2 Å². The fourth-order valence-corrected chi connectivity index (χ4v) is 4.42. The molecule has 29 heavy (non-hydrogen) atoms. The molecule has 1 atom stereocenters. The van der Waals surface area contributed by atoms with Crippen molar-refractivity contribution in [3.8, 4) is 0 Å². The first-order valence-corrected chi connectivity index (χ1v) is 11.8. The number of nitrogens with zero attached hydrogens (tertiary/aromatic N) is 2. The van der Waals surface area contributed by atoms with Crippen LogP contribution in [0.2, 0.25) is 0 Å². The lowest BCUT2D eigenvalue weighted by Crippen LogP contribution is -2.41. The van der Waals surface area contributed by atoms with Crippen LogP contribution in [-0.2, 0) is 14.8 Å². The summed E-state index contributed by atoms with van der Waals surface area (Å²) in [7, 11) is -3.57. The highest BCUT2D eigenvalue weighted by Crippen LogP contribution is 2.23. The maximum atomic E-state index is 12.6. The van der Waals surface area contributed by atoms with Crippen LogP contribution >= 0.6 is 0 Å². The van der Waals surface area contributed by atoms with Crippen LogP contribution in [0.25, 0.3) is 0 Å². The Morgan fingerprint density at radius 2 is 1.66 bits per heavy atom. The van der Waals surface area contributed by atoms with Crippen molar-refractivity contribution in [1.82, 2.24) is 5.32 Å². The predicted molar refractivity (Wildman–Crippen MR) is 118 cm³/mol. The molecule has 0 saturated carbocycles. The molecular weight excluding hydrogens is 386 g/mol. The number of nitrogens with one attached hydrogen (secondary N) is 1. The summed E-state index contributed by atoms with van der Waals surface area (Å²) in [5.41, 5.74) is 3.70. The Morgan fingerprint density at radius 1 is 1.07 bits per heavy atom. The van der Waals surface area contributed by atoms with Gasteiger partial charge in [-0.15, -0.1) is 0 Å². The SMILES string of the molecule is Cc1ccc(N(CC(=O)NC(C)c2ccc(N3CCCC3)cc2)S(C)(=O)=O)cc1. The number of anilines is 2. The van der Waals surface area contributed by atoms with Gasteiger partial charge in [0.25, 0.3) is 0 Å². The molecule has 3 rings (SSSR count). The summed E-state index contributed by atoms with van der Waals surface area (Å²) in [6.07, 6.45) is 3.57. The maximum Gasteiger partial charge on any atom is 0.241 e. The largest absolute Gasteiger partial charge is 0.372 e. The van der Waals surface area contributed by atoms with Crippen molar-refractivity contribution in [2.45, 2.75) is 32.7 Å². The van der Waals surface area contributed by atoms with Crippen molar-refractivity contribution in [3.63, 3.8) is 0 Å². The van der Waals surface area contributed by atoms with Crippen molar-refractivity contribution < 1.29 is 13.2 Å². The average molecular weight is 416 g/mol. The second-order valence-electron chi connectivity index (χ2n) is 7.68. The zero-order valence-electron chi connectivity index (χ0n) is 17.3. The van der Waals surface area contributed by atoms with Gasteiger partial charge in [-0.2, -0.15) is 0 Å². The van der Waals surface area contributed by atoms with Gasteiger partial charge in [0.2, 0.25) is 15.9 Å². The Kier molecular flexibility index (Phi) is 6.47. The highest BCUT2D eigenvalue weighted by atomic mass is 32.2. The highest BCUT2D eigenvalue weighted by molar-refractivity contribution is 7.92. The smallest absolute Gasteiger partial charge is 0.241 e. The van der Waals surface area contributed by atoms with Crippen molar-refractivity contribution >= 4 is 27.3 Å². The highest BCUT2D eigenvalue weighted by Gasteiger charge is 2.22. The molecule has 0 bridgehead atoms. The molecule has 1 fully saturated rings. The number of aryl methyl sites for hydroxylation is 1. The van der Waals surface area contributed by atoms with Crippen LogP contribution in [0.1, 0.15) is 36.9 Å². The zero-order valence-corrected chi connectivity index (χ0v) is 18.1. The van der Waals surface area contributed by atoms with Crippen molar-refractivity contribution in [2.75, 3.05) is 35.1 Å². The predicted octanol–water partition coefficient (Wildman–Crippen LogP) is 3.24. The van der Waals surface area contributed by atoms with Crippen LogP contribution in [0.4, 0.5) is 11.4 Å². The molecule has 1 aliphatic rings. The molecule has 0 spiro atoms. The Labute approximate surface area is 173 Å². The number of hydrogen-bond donors (Lipinski definition) is 1. The number of rotatable bonds is 7. The number of hydrogen-bond acceptors (Lipinski definition) is 4. The third kappa shape index (κ3) is 5.50. The Morgan fingerprint density at radius 3 is 2.21 bits per heavy atom. The van der Waals surface area contributed by atoms with Gasteiger partial charge in [-0.05, 0) is 56.5 Å². The third-order valence-corrected chi connectivity index (χ3v) is 6.39. The average Bonchev–Trinajstić information content (AvgIpc) is 3.21. The van der Waals surface area contributed by atoms with E-state index in [2.05, 4.69) is 22.3 Å². The number of carbonyl (C=O) groups is 1. The lowest BCUT2D eigenvalue weighted by Gasteiger charge is -2.24. The number of sulfonamides is 1. The van der Waals surface area contributed by atoms with Crippen molar-refractivity contribution in [2.24, 2.45) is 0 Å². The van der Waals surface area contributed by atoms with Gasteiger partial charge >= 0.3 is 0 Å². The number of benzene rings is 2. The molecule has 1 unspecified atom stereocenters. The lowest BCUT2D eigenvalue weighted by atomic mass is 10.1. The lowest BCUT2D eigenvalue weighted by molar-refractivity contribution is -0.120. The molecule has 1 aliphatic heterocycles. The van der Waals surface area contributed by atoms with Gasteiger partial charge in [0.05, 0.1) is 18.0 Å². The first-order valence-electron chi connectivity index (χ1n) is 9.93. The molecule has 0 radical (unpaired) electrons. The van der Waals surface area contributed by atoms with E-state index in [1.54, 1.807) is 12.1 Å². The van der Waals surface area contributed by atoms with Gasteiger partial charge in [-0.1, -0.05) is 29.8 Å². The normalized spacial score (nSPS) is 15.2. The first kappa shape index (κ1) is 21.2. The summed E-state index contributed by atoms with van der Waals surface area (Å²) < 4.78 is 25.6. The van der Waals surface area contributed by atoms with E-state index < -0.39 is 10.0 Å². The molecule has 1 saturated heterocycles. The quantitative estimate of drug-likeness (QED) is 0.754. The minimum Gasteiger partial charge on any atom is -0.372 e. The molecular formula is C22H29N3O3S. The molecule has 2 aromatic rings. The van der Waals surface area contributed by atoms with Crippen LogP contribution < -0.4 is 14.5 Å². The molecule has 2 aromatic carbocycles. The van der Waals surface area contributed by atoms with Gasteiger partial charge in [-0.25, -0.2) is 8.42 Å². The Bertz CT molecular complexity index is 934. The minimum absolute atomic E-state index is 0.213. The van der Waals surface area contributed by atoms with Crippen LogP contribution in [-0.4, -0.2) is 40.2 Å². The fraction of sp³-hybridized carbons (Fsp3) is 0.409. The topological polar surface area (TPSA) is 69.7 Å². The summed E-state index contributed by atoms with van der Waals surface area (Å²) in [5, 5.41) is 2.91. The van der Waals surface area contributed by atoms with E-state index in [4.69, 9.17) is 0 Å². The number of amides is 1.